The van der Waals surface area contributed by atoms with E-state index in [1.54, 1.807) is 6.08 Å². The highest BCUT2D eigenvalue weighted by molar-refractivity contribution is 6.09. The highest BCUT2D eigenvalue weighted by atomic mass is 19.2. The number of aliphatic imine (C=N–C) groups is 1. The van der Waals surface area contributed by atoms with E-state index in [9.17, 15) is 8.78 Å². The minimum absolute atomic E-state index is 0.0672. The molecule has 1 aromatic carbocycles. The Morgan fingerprint density at radius 3 is 2.57 bits per heavy atom. The Hall–Kier alpha value is -2.08. The molecule has 0 amide bonds. The van der Waals surface area contributed by atoms with E-state index in [0.717, 1.165) is 18.7 Å². The predicted molar refractivity (Wildman–Crippen MR) is 119 cm³/mol. The zero-order valence-corrected chi connectivity index (χ0v) is 18.3. The van der Waals surface area contributed by atoms with E-state index in [-0.39, 0.29) is 5.71 Å². The average Bonchev–Trinajstić information content (AvgIpc) is 3.37. The van der Waals surface area contributed by atoms with Gasteiger partial charge in [-0.05, 0) is 92.4 Å². The summed E-state index contributed by atoms with van der Waals surface area (Å²) in [6.45, 7) is 11.2. The molecule has 4 nitrogen and oxygen atoms in total. The van der Waals surface area contributed by atoms with Gasteiger partial charge in [-0.15, -0.1) is 0 Å². The molecule has 3 rings (SSSR count). The molecule has 2 aliphatic rings. The Kier molecular flexibility index (Phi) is 6.75. The molecule has 1 atom stereocenters. The number of benzene rings is 1. The van der Waals surface area contributed by atoms with Crippen molar-refractivity contribution in [1.82, 2.24) is 4.90 Å². The Bertz CT molecular complexity index is 830. The van der Waals surface area contributed by atoms with Gasteiger partial charge >= 0.3 is 0 Å². The van der Waals surface area contributed by atoms with Crippen LogP contribution in [0.4, 0.5) is 8.78 Å². The van der Waals surface area contributed by atoms with Crippen molar-refractivity contribution >= 4 is 11.5 Å². The van der Waals surface area contributed by atoms with Crippen LogP contribution in [0.2, 0.25) is 0 Å². The van der Waals surface area contributed by atoms with Gasteiger partial charge in [-0.3, -0.25) is 4.99 Å². The van der Waals surface area contributed by atoms with Crippen LogP contribution >= 0.6 is 0 Å². The molecule has 0 bridgehead atoms. The first-order valence-electron chi connectivity index (χ1n) is 10.8. The van der Waals surface area contributed by atoms with Gasteiger partial charge in [-0.1, -0.05) is 20.8 Å². The van der Waals surface area contributed by atoms with Crippen LogP contribution in [-0.4, -0.2) is 42.6 Å². The van der Waals surface area contributed by atoms with Crippen LogP contribution in [-0.2, 0) is 0 Å². The lowest BCUT2D eigenvalue weighted by molar-refractivity contribution is 0.146. The maximum atomic E-state index is 13.3. The SMILES string of the molecule is CC(C)(C)CCN1CCC2(CC1)CC2CN=C(N)/C=C\C(=N)c1ccc(F)c(F)c1. The van der Waals surface area contributed by atoms with Crippen molar-refractivity contribution in [3.63, 3.8) is 0 Å². The zero-order valence-electron chi connectivity index (χ0n) is 18.3. The van der Waals surface area contributed by atoms with Crippen LogP contribution in [0.1, 0.15) is 52.0 Å². The molecular formula is C24H34F2N4. The molecule has 1 spiro atoms. The zero-order chi connectivity index (χ0) is 21.9. The van der Waals surface area contributed by atoms with Gasteiger partial charge < -0.3 is 16.0 Å². The summed E-state index contributed by atoms with van der Waals surface area (Å²) in [4.78, 5) is 7.08. The molecule has 30 heavy (non-hydrogen) atoms. The second-order valence-corrected chi connectivity index (χ2v) is 10.1. The first-order valence-corrected chi connectivity index (χ1v) is 10.8. The van der Waals surface area contributed by atoms with E-state index in [1.807, 2.05) is 0 Å². The van der Waals surface area contributed by atoms with E-state index in [2.05, 4.69) is 30.7 Å². The Morgan fingerprint density at radius 2 is 1.93 bits per heavy atom. The van der Waals surface area contributed by atoms with Crippen LogP contribution in [0.25, 0.3) is 0 Å². The molecule has 1 saturated heterocycles. The Labute approximate surface area is 178 Å². The number of allylic oxidation sites excluding steroid dienone is 1. The van der Waals surface area contributed by atoms with Gasteiger partial charge in [0.2, 0.25) is 0 Å². The van der Waals surface area contributed by atoms with Gasteiger partial charge in [0.05, 0.1) is 5.71 Å². The number of likely N-dealkylation sites (tertiary alicyclic amines) is 1. The number of rotatable bonds is 7. The molecule has 1 unspecified atom stereocenters. The number of nitrogens with two attached hydrogens (primary N) is 1. The van der Waals surface area contributed by atoms with E-state index in [0.29, 0.717) is 28.1 Å². The van der Waals surface area contributed by atoms with Gasteiger partial charge in [-0.25, -0.2) is 8.78 Å². The van der Waals surface area contributed by atoms with Crippen molar-refractivity contribution in [3.8, 4) is 0 Å². The molecule has 2 fully saturated rings. The summed E-state index contributed by atoms with van der Waals surface area (Å²) in [7, 11) is 0. The smallest absolute Gasteiger partial charge is 0.159 e. The largest absolute Gasteiger partial charge is 0.384 e. The lowest BCUT2D eigenvalue weighted by Gasteiger charge is -2.34. The molecule has 164 valence electrons. The lowest BCUT2D eigenvalue weighted by Crippen LogP contribution is -2.37. The fraction of sp³-hybridized carbons (Fsp3) is 0.583. The Morgan fingerprint density at radius 1 is 1.23 bits per heavy atom. The Balaban J connectivity index is 1.44. The fourth-order valence-electron chi connectivity index (χ4n) is 4.21. The third-order valence-electron chi connectivity index (χ3n) is 6.53. The van der Waals surface area contributed by atoms with Crippen molar-refractivity contribution in [3.05, 3.63) is 47.5 Å². The highest BCUT2D eigenvalue weighted by Gasteiger charge is 2.54. The monoisotopic (exact) mass is 416 g/mol. The molecule has 1 heterocycles. The first kappa shape index (κ1) is 22.6. The molecule has 0 radical (unpaired) electrons. The molecule has 1 aliphatic heterocycles. The van der Waals surface area contributed by atoms with E-state index >= 15 is 0 Å². The van der Waals surface area contributed by atoms with E-state index < -0.39 is 11.6 Å². The first-order chi connectivity index (χ1) is 14.1. The van der Waals surface area contributed by atoms with Gasteiger partial charge in [-0.2, -0.15) is 0 Å². The van der Waals surface area contributed by atoms with Gasteiger partial charge in [0.1, 0.15) is 5.84 Å². The number of nitrogens with one attached hydrogen (secondary N) is 1. The van der Waals surface area contributed by atoms with Gasteiger partial charge in [0.15, 0.2) is 11.6 Å². The number of hydrogen-bond acceptors (Lipinski definition) is 3. The van der Waals surface area contributed by atoms with Crippen LogP contribution in [0.5, 0.6) is 0 Å². The molecule has 3 N–H and O–H groups in total. The summed E-state index contributed by atoms with van der Waals surface area (Å²) < 4.78 is 26.3. The number of amidine groups is 1. The van der Waals surface area contributed by atoms with E-state index in [1.165, 1.54) is 57.5 Å². The maximum absolute atomic E-state index is 13.3. The van der Waals surface area contributed by atoms with E-state index in [4.69, 9.17) is 11.1 Å². The normalized spacial score (nSPS) is 22.0. The second kappa shape index (κ2) is 8.96. The van der Waals surface area contributed by atoms with Crippen molar-refractivity contribution in [2.24, 2.45) is 27.5 Å². The van der Waals surface area contributed by atoms with Crippen LogP contribution in [0, 0.1) is 33.8 Å². The highest BCUT2D eigenvalue weighted by Crippen LogP contribution is 2.59. The third kappa shape index (κ3) is 5.97. The number of halogens is 2. The lowest BCUT2D eigenvalue weighted by atomic mass is 9.88. The van der Waals surface area contributed by atoms with Crippen LogP contribution in [0.3, 0.4) is 0 Å². The minimum Gasteiger partial charge on any atom is -0.384 e. The fourth-order valence-corrected chi connectivity index (χ4v) is 4.21. The van der Waals surface area contributed by atoms with Crippen molar-refractivity contribution in [1.29, 1.82) is 5.41 Å². The van der Waals surface area contributed by atoms with Gasteiger partial charge in [0.25, 0.3) is 0 Å². The average molecular weight is 417 g/mol. The van der Waals surface area contributed by atoms with Crippen molar-refractivity contribution in [2.45, 2.75) is 46.5 Å². The quantitative estimate of drug-likeness (QED) is 0.496. The number of nitrogens with zero attached hydrogens (tertiary/aromatic N) is 2. The molecular weight excluding hydrogens is 382 g/mol. The summed E-state index contributed by atoms with van der Waals surface area (Å²) in [6.07, 6.45) is 7.98. The summed E-state index contributed by atoms with van der Waals surface area (Å²) in [6, 6.07) is 3.41. The standard InChI is InChI=1S/C24H34F2N4/c1-23(2,3)8-11-30-12-9-24(10-13-30)15-18(24)16-29-22(28)7-6-21(27)17-4-5-19(25)20(26)14-17/h4-7,14,18,27H,8-13,15-16H2,1-3H3,(H2,28,29)/b7-6-,27-21?. The maximum Gasteiger partial charge on any atom is 0.159 e. The summed E-state index contributed by atoms with van der Waals surface area (Å²) in [5, 5.41) is 7.97. The molecule has 0 aromatic heterocycles. The number of hydrogen-bond donors (Lipinski definition) is 2. The molecule has 1 aliphatic carbocycles. The van der Waals surface area contributed by atoms with Crippen LogP contribution < -0.4 is 5.73 Å². The van der Waals surface area contributed by atoms with Crippen molar-refractivity contribution < 1.29 is 8.78 Å². The second-order valence-electron chi connectivity index (χ2n) is 10.1. The predicted octanol–water partition coefficient (Wildman–Crippen LogP) is 4.78. The molecule has 1 aromatic rings. The molecule has 1 saturated carbocycles. The number of piperidine rings is 1. The molecule has 6 heteroatoms. The summed E-state index contributed by atoms with van der Waals surface area (Å²) in [5.74, 6) is -0.919. The van der Waals surface area contributed by atoms with Crippen molar-refractivity contribution in [2.75, 3.05) is 26.2 Å². The van der Waals surface area contributed by atoms with Gasteiger partial charge in [0, 0.05) is 12.1 Å². The van der Waals surface area contributed by atoms with Crippen LogP contribution in [0.15, 0.2) is 35.3 Å². The minimum atomic E-state index is -0.962. The summed E-state index contributed by atoms with van der Waals surface area (Å²) >= 11 is 0. The third-order valence-corrected chi connectivity index (χ3v) is 6.53. The summed E-state index contributed by atoms with van der Waals surface area (Å²) in [5.41, 5.74) is 7.18. The topological polar surface area (TPSA) is 65.5 Å².